The largest absolute Gasteiger partial charge is 0.573 e. The maximum Gasteiger partial charge on any atom is 0.573 e. The standard InChI is InChI=1S/C23H19F5N6O2S/c1-35-22-32-17-12(20(33-22)34-7-9-2-3-10(8-34)30-9)6-14(36-23(26,27)28)15(16(17)25)11-4-5-13(24)19-18(11)31-21(29)37-19/h4-6,9-10,30H,2-3,7-8H2,1H3,(H2,29,31). The average Bonchev–Trinajstić information content (AvgIpc) is 3.40. The van der Waals surface area contributed by atoms with Gasteiger partial charge in [0.2, 0.25) is 0 Å². The Hall–Kier alpha value is -3.52. The number of benzene rings is 2. The summed E-state index contributed by atoms with van der Waals surface area (Å²) in [4.78, 5) is 14.4. The summed E-state index contributed by atoms with van der Waals surface area (Å²) in [6.07, 6.45) is -3.25. The molecule has 0 radical (unpaired) electrons. The molecule has 0 aliphatic carbocycles. The molecule has 194 valence electrons. The number of nitrogens with one attached hydrogen (secondary N) is 1. The molecule has 2 saturated heterocycles. The summed E-state index contributed by atoms with van der Waals surface area (Å²) in [6, 6.07) is 3.41. The minimum absolute atomic E-state index is 0.0234. The molecule has 2 unspecified atom stereocenters. The molecule has 37 heavy (non-hydrogen) atoms. The van der Waals surface area contributed by atoms with Gasteiger partial charge in [0.1, 0.15) is 22.9 Å². The number of anilines is 2. The minimum atomic E-state index is -5.14. The molecular weight excluding hydrogens is 519 g/mol. The molecule has 4 aromatic rings. The first-order valence-corrected chi connectivity index (χ1v) is 12.1. The van der Waals surface area contributed by atoms with Crippen LogP contribution in [0.5, 0.6) is 11.8 Å². The van der Waals surface area contributed by atoms with E-state index in [0.29, 0.717) is 13.1 Å². The van der Waals surface area contributed by atoms with Crippen LogP contribution in [0.1, 0.15) is 12.8 Å². The normalized spacial score (nSPS) is 19.7. The number of rotatable bonds is 4. The monoisotopic (exact) mass is 538 g/mol. The van der Waals surface area contributed by atoms with Crippen LogP contribution in [0.15, 0.2) is 18.2 Å². The number of halogens is 5. The van der Waals surface area contributed by atoms with Crippen molar-refractivity contribution in [2.75, 3.05) is 30.8 Å². The van der Waals surface area contributed by atoms with E-state index in [1.165, 1.54) is 7.11 Å². The number of piperazine rings is 1. The quantitative estimate of drug-likeness (QED) is 0.364. The van der Waals surface area contributed by atoms with Crippen molar-refractivity contribution < 1.29 is 31.4 Å². The van der Waals surface area contributed by atoms with Crippen LogP contribution in [0.2, 0.25) is 0 Å². The van der Waals surface area contributed by atoms with Gasteiger partial charge in [0.15, 0.2) is 10.9 Å². The van der Waals surface area contributed by atoms with Crippen molar-refractivity contribution in [3.63, 3.8) is 0 Å². The summed E-state index contributed by atoms with van der Waals surface area (Å²) in [5.74, 6) is -2.40. The van der Waals surface area contributed by atoms with Gasteiger partial charge < -0.3 is 25.4 Å². The van der Waals surface area contributed by atoms with Gasteiger partial charge in [-0.05, 0) is 31.0 Å². The first kappa shape index (κ1) is 23.9. The number of hydrogen-bond donors (Lipinski definition) is 2. The molecule has 2 aliphatic rings. The highest BCUT2D eigenvalue weighted by Crippen LogP contribution is 2.45. The summed E-state index contributed by atoms with van der Waals surface area (Å²) in [6.45, 7) is 1.06. The Kier molecular flexibility index (Phi) is 5.49. The average molecular weight is 539 g/mol. The molecule has 2 aliphatic heterocycles. The van der Waals surface area contributed by atoms with Crippen molar-refractivity contribution in [3.05, 3.63) is 29.8 Å². The van der Waals surface area contributed by atoms with Gasteiger partial charge in [0.25, 0.3) is 0 Å². The van der Waals surface area contributed by atoms with Crippen LogP contribution >= 0.6 is 11.3 Å². The third-order valence-electron chi connectivity index (χ3n) is 6.56. The van der Waals surface area contributed by atoms with Gasteiger partial charge in [0.05, 0.1) is 22.9 Å². The number of thiazole rings is 1. The van der Waals surface area contributed by atoms with Crippen molar-refractivity contribution in [3.8, 4) is 22.9 Å². The van der Waals surface area contributed by atoms with E-state index < -0.39 is 29.3 Å². The van der Waals surface area contributed by atoms with Crippen LogP contribution in [0.4, 0.5) is 32.9 Å². The Morgan fingerprint density at radius 3 is 2.49 bits per heavy atom. The summed E-state index contributed by atoms with van der Waals surface area (Å²) in [5, 5.41) is 3.46. The van der Waals surface area contributed by atoms with E-state index in [0.717, 1.165) is 42.4 Å². The fourth-order valence-corrected chi connectivity index (χ4v) is 5.88. The van der Waals surface area contributed by atoms with Crippen molar-refractivity contribution in [1.29, 1.82) is 0 Å². The van der Waals surface area contributed by atoms with Crippen LogP contribution in [0, 0.1) is 11.6 Å². The first-order chi connectivity index (χ1) is 17.6. The van der Waals surface area contributed by atoms with Gasteiger partial charge >= 0.3 is 12.4 Å². The third kappa shape index (κ3) is 4.13. The molecule has 2 aromatic heterocycles. The predicted octanol–water partition coefficient (Wildman–Crippen LogP) is 4.61. The number of alkyl halides is 3. The number of methoxy groups -OCH3 is 1. The zero-order valence-corrected chi connectivity index (χ0v) is 20.0. The van der Waals surface area contributed by atoms with Gasteiger partial charge in [-0.3, -0.25) is 0 Å². The molecule has 2 aromatic carbocycles. The topological polar surface area (TPSA) is 98.4 Å². The van der Waals surface area contributed by atoms with Crippen molar-refractivity contribution in [2.24, 2.45) is 0 Å². The second-order valence-corrected chi connectivity index (χ2v) is 9.94. The zero-order chi connectivity index (χ0) is 26.1. The number of ether oxygens (including phenoxy) is 2. The number of hydrogen-bond acceptors (Lipinski definition) is 9. The number of fused-ring (bicyclic) bond motifs is 4. The van der Waals surface area contributed by atoms with E-state index in [2.05, 4.69) is 25.0 Å². The smallest absolute Gasteiger partial charge is 0.467 e. The van der Waals surface area contributed by atoms with Gasteiger partial charge in [0, 0.05) is 36.1 Å². The van der Waals surface area contributed by atoms with Crippen molar-refractivity contribution >= 4 is 43.4 Å². The number of nitrogens with two attached hydrogens (primary N) is 1. The van der Waals surface area contributed by atoms with E-state index in [9.17, 15) is 17.6 Å². The van der Waals surface area contributed by atoms with E-state index in [4.69, 9.17) is 10.5 Å². The molecule has 2 atom stereocenters. The maximum atomic E-state index is 16.3. The van der Waals surface area contributed by atoms with Gasteiger partial charge in [-0.1, -0.05) is 11.3 Å². The van der Waals surface area contributed by atoms with E-state index in [-0.39, 0.29) is 55.7 Å². The molecular formula is C23H19F5N6O2S. The lowest BCUT2D eigenvalue weighted by Gasteiger charge is -2.34. The van der Waals surface area contributed by atoms with Crippen LogP contribution in [-0.2, 0) is 0 Å². The third-order valence-corrected chi connectivity index (χ3v) is 7.45. The lowest BCUT2D eigenvalue weighted by molar-refractivity contribution is -0.274. The van der Waals surface area contributed by atoms with Gasteiger partial charge in [-0.15, -0.1) is 13.2 Å². The number of aromatic nitrogens is 3. The lowest BCUT2D eigenvalue weighted by Crippen LogP contribution is -2.51. The van der Waals surface area contributed by atoms with Crippen LogP contribution in [0.3, 0.4) is 0 Å². The molecule has 14 heteroatoms. The van der Waals surface area contributed by atoms with E-state index in [1.54, 1.807) is 0 Å². The molecule has 0 saturated carbocycles. The van der Waals surface area contributed by atoms with Crippen LogP contribution in [-0.4, -0.2) is 53.6 Å². The van der Waals surface area contributed by atoms with Crippen LogP contribution < -0.4 is 25.4 Å². The Morgan fingerprint density at radius 2 is 1.81 bits per heavy atom. The van der Waals surface area contributed by atoms with Crippen molar-refractivity contribution in [2.45, 2.75) is 31.3 Å². The lowest BCUT2D eigenvalue weighted by atomic mass is 10.00. The summed E-state index contributed by atoms with van der Waals surface area (Å²) in [5.41, 5.74) is 4.68. The molecule has 4 heterocycles. The maximum absolute atomic E-state index is 16.3. The second kappa shape index (κ2) is 8.52. The molecule has 0 spiro atoms. The molecule has 2 fully saturated rings. The van der Waals surface area contributed by atoms with Gasteiger partial charge in [-0.2, -0.15) is 9.97 Å². The Bertz CT molecular complexity index is 1530. The summed E-state index contributed by atoms with van der Waals surface area (Å²) >= 11 is 0.798. The summed E-state index contributed by atoms with van der Waals surface area (Å²) in [7, 11) is 1.31. The fraction of sp³-hybridized carbons (Fsp3) is 0.348. The van der Waals surface area contributed by atoms with E-state index in [1.807, 2.05) is 4.90 Å². The summed E-state index contributed by atoms with van der Waals surface area (Å²) < 4.78 is 80.8. The SMILES string of the molecule is COc1nc(N2CC3CCC(C2)N3)c2cc(OC(F)(F)F)c(-c3ccc(F)c4sc(N)nc34)c(F)c2n1. The highest BCUT2D eigenvalue weighted by Gasteiger charge is 2.37. The zero-order valence-electron chi connectivity index (χ0n) is 19.2. The van der Waals surface area contributed by atoms with E-state index >= 15 is 4.39 Å². The second-order valence-electron chi connectivity index (χ2n) is 8.91. The highest BCUT2D eigenvalue weighted by atomic mass is 32.1. The Labute approximate surface area is 210 Å². The Balaban J connectivity index is 1.64. The van der Waals surface area contributed by atoms with Crippen molar-refractivity contribution in [1.82, 2.24) is 20.3 Å². The van der Waals surface area contributed by atoms with Crippen LogP contribution in [0.25, 0.3) is 32.2 Å². The predicted molar refractivity (Wildman–Crippen MR) is 128 cm³/mol. The number of nitrogen functional groups attached to an aromatic ring is 1. The minimum Gasteiger partial charge on any atom is -0.467 e. The first-order valence-electron chi connectivity index (χ1n) is 11.3. The Morgan fingerprint density at radius 1 is 1.08 bits per heavy atom. The van der Waals surface area contributed by atoms with Gasteiger partial charge in [-0.25, -0.2) is 13.8 Å². The fourth-order valence-electron chi connectivity index (χ4n) is 5.12. The molecule has 2 bridgehead atoms. The molecule has 8 nitrogen and oxygen atoms in total. The number of nitrogens with zero attached hydrogens (tertiary/aromatic N) is 4. The molecule has 6 rings (SSSR count). The highest BCUT2D eigenvalue weighted by molar-refractivity contribution is 7.22. The molecule has 0 amide bonds. The molecule has 3 N–H and O–H groups in total.